The number of hydrogen-bond acceptors (Lipinski definition) is 4. The van der Waals surface area contributed by atoms with Crippen LogP contribution in [-0.2, 0) is 4.74 Å². The normalized spacial score (nSPS) is 25.4. The summed E-state index contributed by atoms with van der Waals surface area (Å²) in [4.78, 5) is 2.08. The van der Waals surface area contributed by atoms with Crippen LogP contribution in [0.1, 0.15) is 12.8 Å². The molecule has 2 N–H and O–H groups in total. The first-order chi connectivity index (χ1) is 9.52. The zero-order valence-electron chi connectivity index (χ0n) is 11.0. The highest BCUT2D eigenvalue weighted by molar-refractivity contribution is 6.42. The van der Waals surface area contributed by atoms with E-state index in [1.54, 1.807) is 6.07 Å². The van der Waals surface area contributed by atoms with Gasteiger partial charge in [-0.2, -0.15) is 0 Å². The Balaban J connectivity index is 1.77. The van der Waals surface area contributed by atoms with Crippen LogP contribution in [0.5, 0.6) is 5.75 Å². The molecule has 1 unspecified atom stereocenters. The van der Waals surface area contributed by atoms with Crippen molar-refractivity contribution in [2.45, 2.75) is 18.9 Å². The maximum Gasteiger partial charge on any atom is 0.140 e. The second-order valence-corrected chi connectivity index (χ2v) is 6.45. The number of nitrogens with zero attached hydrogens (tertiary/aromatic N) is 1. The monoisotopic (exact) mass is 317 g/mol. The molecular formula is C14H17Cl2NO3. The smallest absolute Gasteiger partial charge is 0.140 e. The molecule has 2 fully saturated rings. The van der Waals surface area contributed by atoms with Gasteiger partial charge in [0.1, 0.15) is 5.75 Å². The van der Waals surface area contributed by atoms with Crippen LogP contribution in [0.4, 0.5) is 5.69 Å². The quantitative estimate of drug-likeness (QED) is 0.836. The van der Waals surface area contributed by atoms with Crippen LogP contribution in [0, 0.1) is 5.41 Å². The Kier molecular flexibility index (Phi) is 3.75. The average Bonchev–Trinajstić information content (AvgIpc) is 2.77. The summed E-state index contributed by atoms with van der Waals surface area (Å²) in [7, 11) is 0. The standard InChI is InChI=1S/C14H17Cl2NO3/c15-9-5-11(12(18)6-10(9)16)17-3-1-14(2-4-17)8-20-7-13(14)19/h5-6,13,18-19H,1-4,7-8H2. The van der Waals surface area contributed by atoms with E-state index in [0.717, 1.165) is 25.9 Å². The highest BCUT2D eigenvalue weighted by Crippen LogP contribution is 2.43. The van der Waals surface area contributed by atoms with Crippen molar-refractivity contribution in [2.75, 3.05) is 31.2 Å². The topological polar surface area (TPSA) is 52.9 Å². The van der Waals surface area contributed by atoms with Crippen LogP contribution in [0.25, 0.3) is 0 Å². The highest BCUT2D eigenvalue weighted by atomic mass is 35.5. The van der Waals surface area contributed by atoms with E-state index in [2.05, 4.69) is 4.90 Å². The van der Waals surface area contributed by atoms with Gasteiger partial charge >= 0.3 is 0 Å². The zero-order valence-corrected chi connectivity index (χ0v) is 12.5. The van der Waals surface area contributed by atoms with Crippen molar-refractivity contribution in [1.82, 2.24) is 0 Å². The van der Waals surface area contributed by atoms with Crippen LogP contribution in [-0.4, -0.2) is 42.6 Å². The van der Waals surface area contributed by atoms with Gasteiger partial charge in [-0.25, -0.2) is 0 Å². The fourth-order valence-corrected chi connectivity index (χ4v) is 3.41. The fraction of sp³-hybridized carbons (Fsp3) is 0.571. The number of aromatic hydroxyl groups is 1. The summed E-state index contributed by atoms with van der Waals surface area (Å²) in [6, 6.07) is 3.16. The van der Waals surface area contributed by atoms with Crippen LogP contribution in [0.3, 0.4) is 0 Å². The molecule has 0 bridgehead atoms. The summed E-state index contributed by atoms with van der Waals surface area (Å²) in [6.45, 7) is 2.56. The van der Waals surface area contributed by atoms with Gasteiger partial charge in [-0.3, -0.25) is 0 Å². The zero-order chi connectivity index (χ0) is 14.3. The summed E-state index contributed by atoms with van der Waals surface area (Å²) < 4.78 is 5.39. The van der Waals surface area contributed by atoms with Crippen LogP contribution >= 0.6 is 23.2 Å². The van der Waals surface area contributed by atoms with Gasteiger partial charge in [-0.15, -0.1) is 0 Å². The Morgan fingerprint density at radius 3 is 2.45 bits per heavy atom. The predicted octanol–water partition coefficient (Wildman–Crippen LogP) is 2.68. The van der Waals surface area contributed by atoms with Crippen LogP contribution in [0.2, 0.25) is 10.0 Å². The molecule has 4 nitrogen and oxygen atoms in total. The Hall–Kier alpha value is -0.680. The summed E-state index contributed by atoms with van der Waals surface area (Å²) in [5.41, 5.74) is 0.574. The van der Waals surface area contributed by atoms with Crippen molar-refractivity contribution in [3.8, 4) is 5.75 Å². The molecule has 0 saturated carbocycles. The minimum atomic E-state index is -0.382. The molecule has 0 aliphatic carbocycles. The first-order valence-corrected chi connectivity index (χ1v) is 7.46. The van der Waals surface area contributed by atoms with Gasteiger partial charge in [0, 0.05) is 24.6 Å². The van der Waals surface area contributed by atoms with Crippen LogP contribution < -0.4 is 4.90 Å². The number of aliphatic hydroxyl groups is 1. The van der Waals surface area contributed by atoms with Crippen molar-refractivity contribution in [2.24, 2.45) is 5.41 Å². The van der Waals surface area contributed by atoms with Gasteiger partial charge in [0.15, 0.2) is 0 Å². The molecule has 2 aliphatic rings. The van der Waals surface area contributed by atoms with Gasteiger partial charge in [0.2, 0.25) is 0 Å². The molecule has 110 valence electrons. The molecule has 3 rings (SSSR count). The number of anilines is 1. The lowest BCUT2D eigenvalue weighted by Gasteiger charge is -2.41. The number of phenols is 1. The molecule has 0 aromatic heterocycles. The first-order valence-electron chi connectivity index (χ1n) is 6.71. The average molecular weight is 318 g/mol. The molecule has 0 radical (unpaired) electrons. The predicted molar refractivity (Wildman–Crippen MR) is 78.8 cm³/mol. The van der Waals surface area contributed by atoms with Gasteiger partial charge in [0.05, 0.1) is 35.1 Å². The molecule has 1 aromatic rings. The minimum absolute atomic E-state index is 0.123. The highest BCUT2D eigenvalue weighted by Gasteiger charge is 2.45. The molecular weight excluding hydrogens is 301 g/mol. The van der Waals surface area contributed by atoms with E-state index in [0.29, 0.717) is 28.9 Å². The minimum Gasteiger partial charge on any atom is -0.506 e. The number of benzene rings is 1. The molecule has 2 aliphatic heterocycles. The maximum absolute atomic E-state index is 10.1. The fourth-order valence-electron chi connectivity index (χ4n) is 3.10. The molecule has 6 heteroatoms. The SMILES string of the molecule is Oc1cc(Cl)c(Cl)cc1N1CCC2(CC1)COCC2O. The van der Waals surface area contributed by atoms with Crippen molar-refractivity contribution >= 4 is 28.9 Å². The van der Waals surface area contributed by atoms with E-state index in [1.807, 2.05) is 0 Å². The number of phenolic OH excluding ortho intramolecular Hbond substituents is 1. The molecule has 0 amide bonds. The van der Waals surface area contributed by atoms with Crippen molar-refractivity contribution in [1.29, 1.82) is 0 Å². The van der Waals surface area contributed by atoms with Gasteiger partial charge in [0.25, 0.3) is 0 Å². The lowest BCUT2D eigenvalue weighted by atomic mass is 9.76. The summed E-state index contributed by atoms with van der Waals surface area (Å²) in [5.74, 6) is 0.138. The van der Waals surface area contributed by atoms with Gasteiger partial charge in [-0.05, 0) is 18.9 Å². The molecule has 20 heavy (non-hydrogen) atoms. The van der Waals surface area contributed by atoms with E-state index in [-0.39, 0.29) is 17.3 Å². The number of ether oxygens (including phenoxy) is 1. The lowest BCUT2D eigenvalue weighted by Crippen LogP contribution is -2.46. The van der Waals surface area contributed by atoms with E-state index in [1.165, 1.54) is 6.07 Å². The maximum atomic E-state index is 10.1. The summed E-state index contributed by atoms with van der Waals surface area (Å²) in [6.07, 6.45) is 1.30. The molecule has 2 heterocycles. The number of rotatable bonds is 1. The second-order valence-electron chi connectivity index (χ2n) is 5.64. The van der Waals surface area contributed by atoms with Crippen molar-refractivity contribution < 1.29 is 14.9 Å². The van der Waals surface area contributed by atoms with E-state index in [4.69, 9.17) is 27.9 Å². The van der Waals surface area contributed by atoms with Gasteiger partial charge < -0.3 is 19.8 Å². The third-order valence-corrected chi connectivity index (χ3v) is 5.21. The van der Waals surface area contributed by atoms with Crippen molar-refractivity contribution in [3.05, 3.63) is 22.2 Å². The van der Waals surface area contributed by atoms with Crippen molar-refractivity contribution in [3.63, 3.8) is 0 Å². The Labute approximate surface area is 127 Å². The Morgan fingerprint density at radius 1 is 1.20 bits per heavy atom. The van der Waals surface area contributed by atoms with E-state index < -0.39 is 0 Å². The number of halogens is 2. The molecule has 1 atom stereocenters. The first kappa shape index (κ1) is 14.3. The third kappa shape index (κ3) is 2.35. The number of piperidine rings is 1. The Bertz CT molecular complexity index is 515. The number of hydrogen-bond donors (Lipinski definition) is 2. The number of aliphatic hydroxyl groups excluding tert-OH is 1. The van der Waals surface area contributed by atoms with E-state index in [9.17, 15) is 10.2 Å². The summed E-state index contributed by atoms with van der Waals surface area (Å²) in [5, 5.41) is 20.9. The summed E-state index contributed by atoms with van der Waals surface area (Å²) >= 11 is 11.9. The Morgan fingerprint density at radius 2 is 1.85 bits per heavy atom. The van der Waals surface area contributed by atoms with Gasteiger partial charge in [-0.1, -0.05) is 23.2 Å². The van der Waals surface area contributed by atoms with E-state index >= 15 is 0 Å². The molecule has 2 saturated heterocycles. The van der Waals surface area contributed by atoms with Crippen LogP contribution in [0.15, 0.2) is 12.1 Å². The largest absolute Gasteiger partial charge is 0.506 e. The second kappa shape index (κ2) is 5.26. The lowest BCUT2D eigenvalue weighted by molar-refractivity contribution is 0.0494. The molecule has 1 aromatic carbocycles. The third-order valence-electron chi connectivity index (χ3n) is 4.49. The molecule has 1 spiro atoms.